The summed E-state index contributed by atoms with van der Waals surface area (Å²) in [6.07, 6.45) is -2.18. The Morgan fingerprint density at radius 1 is 1.00 bits per heavy atom. The number of hydrogen-bond donors (Lipinski definition) is 3. The number of carbonyl (C=O) groups is 3. The number of carbonyl (C=O) groups excluding carboxylic acids is 3. The van der Waals surface area contributed by atoms with Crippen LogP contribution in [0.25, 0.3) is 0 Å². The number of piperidine rings is 1. The van der Waals surface area contributed by atoms with Gasteiger partial charge in [0.2, 0.25) is 0 Å². The van der Waals surface area contributed by atoms with Crippen LogP contribution in [0.1, 0.15) is 58.9 Å². The van der Waals surface area contributed by atoms with E-state index in [1.807, 2.05) is 13.8 Å². The Kier molecular flexibility index (Phi) is 10.7. The minimum atomic E-state index is -5.37. The Morgan fingerprint density at radius 2 is 1.75 bits per heavy atom. The summed E-state index contributed by atoms with van der Waals surface area (Å²) in [6, 6.07) is 9.79. The van der Waals surface area contributed by atoms with E-state index in [0.29, 0.717) is 11.6 Å². The van der Waals surface area contributed by atoms with Crippen LogP contribution < -0.4 is 25.4 Å². The van der Waals surface area contributed by atoms with Gasteiger partial charge in [0.1, 0.15) is 11.6 Å². The summed E-state index contributed by atoms with van der Waals surface area (Å²) in [7, 11) is 0. The number of hydrogen-bond acceptors (Lipinski definition) is 7. The zero-order chi connectivity index (χ0) is 32.0. The first-order valence-electron chi connectivity index (χ1n) is 13.7. The van der Waals surface area contributed by atoms with Crippen LogP contribution in [0.5, 0.6) is 11.5 Å². The van der Waals surface area contributed by atoms with Gasteiger partial charge >= 0.3 is 12.1 Å². The van der Waals surface area contributed by atoms with Crippen LogP contribution in [0, 0.1) is 5.92 Å². The summed E-state index contributed by atoms with van der Waals surface area (Å²) in [5.41, 5.74) is 0.00744. The third kappa shape index (κ3) is 8.61. The number of rotatable bonds is 9. The van der Waals surface area contributed by atoms with Gasteiger partial charge in [0.05, 0.1) is 28.4 Å². The van der Waals surface area contributed by atoms with Crippen LogP contribution in [-0.2, 0) is 4.79 Å². The number of anilines is 2. The smallest absolute Gasteiger partial charge is 0.491 e. The number of benzene rings is 2. The Balaban J connectivity index is 1.72. The quantitative estimate of drug-likeness (QED) is 0.171. The van der Waals surface area contributed by atoms with Crippen LogP contribution in [0.4, 0.5) is 24.7 Å². The fourth-order valence-corrected chi connectivity index (χ4v) is 4.74. The lowest BCUT2D eigenvalue weighted by Crippen LogP contribution is -2.33. The highest BCUT2D eigenvalue weighted by molar-refractivity contribution is 6.32. The van der Waals surface area contributed by atoms with E-state index >= 15 is 0 Å². The van der Waals surface area contributed by atoms with E-state index in [9.17, 15) is 27.6 Å². The van der Waals surface area contributed by atoms with Gasteiger partial charge in [-0.1, -0.05) is 43.1 Å². The van der Waals surface area contributed by atoms with E-state index < -0.39 is 41.0 Å². The van der Waals surface area contributed by atoms with Gasteiger partial charge in [0.15, 0.2) is 5.75 Å². The molecule has 0 bridgehead atoms. The number of nitrogens with zero attached hydrogens (tertiary/aromatic N) is 1. The molecule has 1 aromatic heterocycles. The molecule has 1 saturated heterocycles. The van der Waals surface area contributed by atoms with E-state index in [1.165, 1.54) is 24.4 Å². The van der Waals surface area contributed by atoms with E-state index in [1.54, 1.807) is 12.1 Å². The monoisotopic (exact) mass is 652 g/mol. The van der Waals surface area contributed by atoms with Crippen LogP contribution in [0.15, 0.2) is 48.7 Å². The number of ether oxygens (including phenoxy) is 2. The van der Waals surface area contributed by atoms with Gasteiger partial charge in [0, 0.05) is 29.7 Å². The van der Waals surface area contributed by atoms with Crippen molar-refractivity contribution >= 4 is 52.5 Å². The summed E-state index contributed by atoms with van der Waals surface area (Å²) in [4.78, 5) is 42.8. The number of alkyl halides is 3. The van der Waals surface area contributed by atoms with E-state index in [4.69, 9.17) is 27.9 Å². The third-order valence-electron chi connectivity index (χ3n) is 6.74. The number of amides is 2. The maximum atomic E-state index is 13.7. The average molecular weight is 653 g/mol. The molecule has 1 unspecified atom stereocenters. The number of pyridine rings is 1. The lowest BCUT2D eigenvalue weighted by atomic mass is 9.99. The topological polar surface area (TPSA) is 119 Å². The zero-order valence-corrected chi connectivity index (χ0v) is 25.2. The molecule has 3 N–H and O–H groups in total. The Labute approximate surface area is 261 Å². The summed E-state index contributed by atoms with van der Waals surface area (Å²) in [5.74, 6) is -4.51. The highest BCUT2D eigenvalue weighted by Crippen LogP contribution is 2.36. The minimum absolute atomic E-state index is 0.0441. The molecule has 1 fully saturated rings. The van der Waals surface area contributed by atoms with Crippen molar-refractivity contribution in [3.8, 4) is 11.5 Å². The molecule has 2 heterocycles. The van der Waals surface area contributed by atoms with Gasteiger partial charge in [-0.2, -0.15) is 13.2 Å². The molecule has 1 aliphatic heterocycles. The number of aromatic nitrogens is 1. The third-order valence-corrected chi connectivity index (χ3v) is 7.19. The zero-order valence-electron chi connectivity index (χ0n) is 23.7. The van der Waals surface area contributed by atoms with Crippen molar-refractivity contribution in [3.05, 3.63) is 75.4 Å². The molecule has 2 aromatic carbocycles. The van der Waals surface area contributed by atoms with Gasteiger partial charge in [-0.25, -0.2) is 9.78 Å². The van der Waals surface area contributed by atoms with Crippen molar-refractivity contribution in [1.29, 1.82) is 0 Å². The molecule has 9 nitrogen and oxygen atoms in total. The van der Waals surface area contributed by atoms with Crippen molar-refractivity contribution in [2.24, 2.45) is 5.92 Å². The Morgan fingerprint density at radius 3 is 2.39 bits per heavy atom. The molecule has 44 heavy (non-hydrogen) atoms. The molecule has 1 aliphatic rings. The molecule has 2 amide bonds. The summed E-state index contributed by atoms with van der Waals surface area (Å²) in [6.45, 7) is 5.94. The maximum Gasteiger partial charge on any atom is 0.491 e. The fourth-order valence-electron chi connectivity index (χ4n) is 4.42. The number of esters is 1. The van der Waals surface area contributed by atoms with Gasteiger partial charge in [-0.05, 0) is 61.2 Å². The highest BCUT2D eigenvalue weighted by atomic mass is 35.5. The van der Waals surface area contributed by atoms with Gasteiger partial charge in [0.25, 0.3) is 11.8 Å². The largest absolute Gasteiger partial charge is 0.492 e. The van der Waals surface area contributed by atoms with Gasteiger partial charge in [-0.3, -0.25) is 9.59 Å². The van der Waals surface area contributed by atoms with E-state index in [-0.39, 0.29) is 34.0 Å². The first-order chi connectivity index (χ1) is 20.8. The first kappa shape index (κ1) is 33.0. The molecule has 0 saturated carbocycles. The fraction of sp³-hybridized carbons (Fsp3) is 0.333. The lowest BCUT2D eigenvalue weighted by Gasteiger charge is -2.24. The molecular weight excluding hydrogens is 624 g/mol. The van der Waals surface area contributed by atoms with Gasteiger partial charge < -0.3 is 25.4 Å². The lowest BCUT2D eigenvalue weighted by molar-refractivity contribution is -0.189. The second-order valence-corrected chi connectivity index (χ2v) is 11.3. The minimum Gasteiger partial charge on any atom is -0.492 e. The highest BCUT2D eigenvalue weighted by Gasteiger charge is 2.42. The molecule has 14 heteroatoms. The van der Waals surface area contributed by atoms with Crippen LogP contribution in [-0.4, -0.2) is 48.6 Å². The van der Waals surface area contributed by atoms with Crippen LogP contribution >= 0.6 is 23.2 Å². The standard InChI is InChI=1S/C30H29Cl2F3N4O5/c1-16(2)18-5-7-21(23(10-18)43-15-17-4-3-9-36-13-17)27(40)39-26-22(28(41)38-25-8-6-19(31)14-37-25)11-20(32)12-24(26)44-29(42)30(33,34)35/h5-8,10-12,14,16-17,36H,3-4,9,13,15H2,1-2H3,(H,39,40)(H,37,38,41). The number of nitrogens with one attached hydrogen (secondary N) is 3. The first-order valence-corrected chi connectivity index (χ1v) is 14.4. The van der Waals surface area contributed by atoms with Crippen molar-refractivity contribution < 1.29 is 37.0 Å². The maximum absolute atomic E-state index is 13.7. The molecule has 0 radical (unpaired) electrons. The molecule has 4 rings (SSSR count). The van der Waals surface area contributed by atoms with Gasteiger partial charge in [-0.15, -0.1) is 0 Å². The Bertz CT molecular complexity index is 1530. The molecular formula is C30H29Cl2F3N4O5. The van der Waals surface area contributed by atoms with Crippen LogP contribution in [0.2, 0.25) is 10.0 Å². The molecule has 3 aromatic rings. The SMILES string of the molecule is CC(C)c1ccc(C(=O)Nc2c(OC(=O)C(F)(F)F)cc(Cl)cc2C(=O)Nc2ccc(Cl)cn2)c(OCC2CCCNC2)c1. The Hall–Kier alpha value is -3.87. The van der Waals surface area contributed by atoms with Crippen molar-refractivity contribution in [1.82, 2.24) is 10.3 Å². The second-order valence-electron chi connectivity index (χ2n) is 10.4. The molecule has 0 aliphatic carbocycles. The van der Waals surface area contributed by atoms with Crippen molar-refractivity contribution in [3.63, 3.8) is 0 Å². The van der Waals surface area contributed by atoms with Crippen LogP contribution in [0.3, 0.4) is 0 Å². The van der Waals surface area contributed by atoms with Crippen molar-refractivity contribution in [2.45, 2.75) is 38.8 Å². The molecule has 0 spiro atoms. The summed E-state index contributed by atoms with van der Waals surface area (Å²) >= 11 is 12.0. The number of halogens is 5. The second kappa shape index (κ2) is 14.3. The molecule has 1 atom stereocenters. The average Bonchev–Trinajstić information content (AvgIpc) is 2.98. The summed E-state index contributed by atoms with van der Waals surface area (Å²) in [5, 5.41) is 8.25. The predicted octanol–water partition coefficient (Wildman–Crippen LogP) is 6.86. The summed E-state index contributed by atoms with van der Waals surface area (Å²) < 4.78 is 50.1. The van der Waals surface area contributed by atoms with E-state index in [0.717, 1.165) is 43.6 Å². The molecule has 234 valence electrons. The van der Waals surface area contributed by atoms with Crippen molar-refractivity contribution in [2.75, 3.05) is 30.3 Å². The van der Waals surface area contributed by atoms with E-state index in [2.05, 4.69) is 25.7 Å². The predicted molar refractivity (Wildman–Crippen MR) is 160 cm³/mol. The normalized spacial score (nSPS) is 15.0.